The lowest BCUT2D eigenvalue weighted by Gasteiger charge is -2.18. The number of nitrogens with two attached hydrogens (primary N) is 1. The highest BCUT2D eigenvalue weighted by Gasteiger charge is 2.14. The van der Waals surface area contributed by atoms with Crippen molar-refractivity contribution in [3.05, 3.63) is 35.1 Å². The first-order valence-corrected chi connectivity index (χ1v) is 4.68. The second-order valence-electron chi connectivity index (χ2n) is 3.64. The highest BCUT2D eigenvalue weighted by Crippen LogP contribution is 2.20. The Morgan fingerprint density at radius 1 is 1.50 bits per heavy atom. The van der Waals surface area contributed by atoms with Crippen molar-refractivity contribution in [1.82, 2.24) is 0 Å². The normalized spacial score (nSPS) is 15.2. The molecule has 0 radical (unpaired) electrons. The average Bonchev–Trinajstić information content (AvgIpc) is 2.20. The average molecular weight is 197 g/mol. The summed E-state index contributed by atoms with van der Waals surface area (Å²) < 4.78 is 13.0. The molecule has 2 nitrogen and oxygen atoms in total. The minimum Gasteiger partial charge on any atom is -0.395 e. The zero-order valence-corrected chi connectivity index (χ0v) is 8.50. The fraction of sp³-hybridized carbons (Fsp3) is 0.455. The Kier molecular flexibility index (Phi) is 3.61. The molecule has 78 valence electrons. The molecule has 2 atom stereocenters. The summed E-state index contributed by atoms with van der Waals surface area (Å²) in [6.07, 6.45) is 0. The molecule has 0 spiro atoms. The Morgan fingerprint density at radius 3 is 2.64 bits per heavy atom. The van der Waals surface area contributed by atoms with Crippen LogP contribution in [0.4, 0.5) is 4.39 Å². The summed E-state index contributed by atoms with van der Waals surface area (Å²) in [7, 11) is 0. The third kappa shape index (κ3) is 2.30. The van der Waals surface area contributed by atoms with E-state index in [1.54, 1.807) is 19.1 Å². The topological polar surface area (TPSA) is 46.2 Å². The van der Waals surface area contributed by atoms with Gasteiger partial charge in [0.05, 0.1) is 6.61 Å². The fourth-order valence-corrected chi connectivity index (χ4v) is 1.36. The minimum atomic E-state index is -0.292. The van der Waals surface area contributed by atoms with Crippen LogP contribution in [0, 0.1) is 12.7 Å². The molecule has 1 aromatic carbocycles. The first-order valence-electron chi connectivity index (χ1n) is 4.68. The molecular formula is C11H16FNO. The predicted molar refractivity (Wildman–Crippen MR) is 54.6 cm³/mol. The van der Waals surface area contributed by atoms with Crippen molar-refractivity contribution in [2.45, 2.75) is 25.8 Å². The summed E-state index contributed by atoms with van der Waals surface area (Å²) in [5.41, 5.74) is 7.27. The second-order valence-corrected chi connectivity index (χ2v) is 3.64. The Morgan fingerprint density at radius 2 is 2.14 bits per heavy atom. The maximum Gasteiger partial charge on any atom is 0.126 e. The van der Waals surface area contributed by atoms with Gasteiger partial charge in [0, 0.05) is 6.04 Å². The van der Waals surface area contributed by atoms with Crippen molar-refractivity contribution < 1.29 is 9.50 Å². The van der Waals surface area contributed by atoms with Gasteiger partial charge in [0.15, 0.2) is 0 Å². The van der Waals surface area contributed by atoms with Crippen LogP contribution in [0.5, 0.6) is 0 Å². The van der Waals surface area contributed by atoms with Gasteiger partial charge in [0.25, 0.3) is 0 Å². The van der Waals surface area contributed by atoms with Gasteiger partial charge in [-0.3, -0.25) is 0 Å². The van der Waals surface area contributed by atoms with Crippen LogP contribution in [0.25, 0.3) is 0 Å². The van der Waals surface area contributed by atoms with E-state index in [-0.39, 0.29) is 24.4 Å². The Hall–Kier alpha value is -0.930. The summed E-state index contributed by atoms with van der Waals surface area (Å²) in [5.74, 6) is -0.169. The zero-order chi connectivity index (χ0) is 10.7. The van der Waals surface area contributed by atoms with Gasteiger partial charge < -0.3 is 10.8 Å². The van der Waals surface area contributed by atoms with Crippen molar-refractivity contribution in [2.75, 3.05) is 6.61 Å². The molecule has 3 N–H and O–H groups in total. The smallest absolute Gasteiger partial charge is 0.126 e. The number of benzene rings is 1. The molecule has 2 unspecified atom stereocenters. The standard InChI is InChI=1S/C11H16FNO/c1-7-5-9(3-4-10(7)12)8(2)11(13)6-14/h3-5,8,11,14H,6,13H2,1-2H3. The number of aliphatic hydroxyl groups is 1. The van der Waals surface area contributed by atoms with Crippen LogP contribution in [0.2, 0.25) is 0 Å². The highest BCUT2D eigenvalue weighted by atomic mass is 19.1. The van der Waals surface area contributed by atoms with Gasteiger partial charge in [-0.15, -0.1) is 0 Å². The van der Waals surface area contributed by atoms with Crippen LogP contribution < -0.4 is 5.73 Å². The summed E-state index contributed by atoms with van der Waals surface area (Å²) >= 11 is 0. The largest absolute Gasteiger partial charge is 0.395 e. The predicted octanol–water partition coefficient (Wildman–Crippen LogP) is 1.56. The Labute approximate surface area is 83.6 Å². The first kappa shape index (κ1) is 11.1. The van der Waals surface area contributed by atoms with Crippen LogP contribution in [0.15, 0.2) is 18.2 Å². The quantitative estimate of drug-likeness (QED) is 0.772. The summed E-state index contributed by atoms with van der Waals surface area (Å²) in [5, 5.41) is 8.89. The third-order valence-corrected chi connectivity index (χ3v) is 2.56. The number of rotatable bonds is 3. The molecular weight excluding hydrogens is 181 g/mol. The molecule has 0 saturated heterocycles. The lowest BCUT2D eigenvalue weighted by Crippen LogP contribution is -2.30. The van der Waals surface area contributed by atoms with Crippen molar-refractivity contribution in [1.29, 1.82) is 0 Å². The van der Waals surface area contributed by atoms with Crippen molar-refractivity contribution in [2.24, 2.45) is 5.73 Å². The molecule has 14 heavy (non-hydrogen) atoms. The van der Waals surface area contributed by atoms with E-state index in [9.17, 15) is 4.39 Å². The van der Waals surface area contributed by atoms with Crippen molar-refractivity contribution in [3.63, 3.8) is 0 Å². The molecule has 0 aliphatic rings. The van der Waals surface area contributed by atoms with Crippen LogP contribution in [0.1, 0.15) is 24.0 Å². The molecule has 3 heteroatoms. The van der Waals surface area contributed by atoms with Crippen molar-refractivity contribution >= 4 is 0 Å². The van der Waals surface area contributed by atoms with Gasteiger partial charge in [-0.25, -0.2) is 4.39 Å². The van der Waals surface area contributed by atoms with Gasteiger partial charge in [-0.05, 0) is 30.0 Å². The van der Waals surface area contributed by atoms with E-state index in [2.05, 4.69) is 0 Å². The molecule has 0 bridgehead atoms. The number of aryl methyl sites for hydroxylation is 1. The van der Waals surface area contributed by atoms with E-state index < -0.39 is 0 Å². The third-order valence-electron chi connectivity index (χ3n) is 2.56. The number of aliphatic hydroxyl groups excluding tert-OH is 1. The lowest BCUT2D eigenvalue weighted by molar-refractivity contribution is 0.252. The number of hydrogen-bond donors (Lipinski definition) is 2. The maximum absolute atomic E-state index is 13.0. The molecule has 1 aromatic rings. The second kappa shape index (κ2) is 4.53. The summed E-state index contributed by atoms with van der Waals surface area (Å²) in [6.45, 7) is 3.58. The monoisotopic (exact) mass is 197 g/mol. The van der Waals surface area contributed by atoms with E-state index in [4.69, 9.17) is 10.8 Å². The number of hydrogen-bond acceptors (Lipinski definition) is 2. The van der Waals surface area contributed by atoms with Crippen LogP contribution in [-0.2, 0) is 0 Å². The minimum absolute atomic E-state index is 0.0410. The van der Waals surface area contributed by atoms with Gasteiger partial charge in [0.2, 0.25) is 0 Å². The first-order chi connectivity index (χ1) is 6.56. The molecule has 0 fully saturated rings. The van der Waals surface area contributed by atoms with Gasteiger partial charge in [-0.1, -0.05) is 19.1 Å². The summed E-state index contributed by atoms with van der Waals surface area (Å²) in [6, 6.07) is 4.63. The molecule has 1 rings (SSSR count). The van der Waals surface area contributed by atoms with Gasteiger partial charge in [0.1, 0.15) is 5.82 Å². The number of halogens is 1. The van der Waals surface area contributed by atoms with Gasteiger partial charge in [-0.2, -0.15) is 0 Å². The van der Waals surface area contributed by atoms with E-state index in [0.29, 0.717) is 5.56 Å². The molecule has 0 amide bonds. The SMILES string of the molecule is Cc1cc(C(C)C(N)CO)ccc1F. The Bertz CT molecular complexity index is 314. The zero-order valence-electron chi connectivity index (χ0n) is 8.50. The van der Waals surface area contributed by atoms with Gasteiger partial charge >= 0.3 is 0 Å². The van der Waals surface area contributed by atoms with Crippen molar-refractivity contribution in [3.8, 4) is 0 Å². The van der Waals surface area contributed by atoms with E-state index in [1.165, 1.54) is 6.07 Å². The summed E-state index contributed by atoms with van der Waals surface area (Å²) in [4.78, 5) is 0. The highest BCUT2D eigenvalue weighted by molar-refractivity contribution is 5.27. The molecule has 0 aromatic heterocycles. The molecule has 0 heterocycles. The lowest BCUT2D eigenvalue weighted by atomic mass is 9.93. The fourth-order valence-electron chi connectivity index (χ4n) is 1.36. The van der Waals surface area contributed by atoms with E-state index in [1.807, 2.05) is 6.92 Å². The maximum atomic E-state index is 13.0. The molecule has 0 saturated carbocycles. The molecule has 0 aliphatic heterocycles. The van der Waals surface area contributed by atoms with Crippen LogP contribution in [0.3, 0.4) is 0 Å². The van der Waals surface area contributed by atoms with Crippen LogP contribution >= 0.6 is 0 Å². The van der Waals surface area contributed by atoms with E-state index in [0.717, 1.165) is 5.56 Å². The van der Waals surface area contributed by atoms with Crippen LogP contribution in [-0.4, -0.2) is 17.8 Å². The van der Waals surface area contributed by atoms with E-state index >= 15 is 0 Å². The molecule has 0 aliphatic carbocycles. The Balaban J connectivity index is 2.91.